The molecule has 1 heterocycles. The maximum Gasteiger partial charge on any atom is 0.160 e. The van der Waals surface area contributed by atoms with Gasteiger partial charge in [-0.3, -0.25) is 0 Å². The Labute approximate surface area is 297 Å². The summed E-state index contributed by atoms with van der Waals surface area (Å²) in [6.07, 6.45) is 0. The SMILES string of the molecule is CC1(C)c2cc(-c3ccc(-c4cc(-c5cccc6ccccc56)nc(-c5ccccc5)n4)c4ccccc34)ccc2-c2ccc3ccccc3c21. The summed E-state index contributed by atoms with van der Waals surface area (Å²) in [6.45, 7) is 4.75. The van der Waals surface area contributed by atoms with E-state index < -0.39 is 0 Å². The van der Waals surface area contributed by atoms with Crippen LogP contribution in [-0.2, 0) is 5.41 Å². The molecule has 0 radical (unpaired) electrons. The van der Waals surface area contributed by atoms with Crippen LogP contribution in [0.4, 0.5) is 0 Å². The summed E-state index contributed by atoms with van der Waals surface area (Å²) in [5.74, 6) is 0.720. The average Bonchev–Trinajstić information content (AvgIpc) is 3.43. The van der Waals surface area contributed by atoms with Crippen molar-refractivity contribution in [1.29, 1.82) is 0 Å². The molecule has 0 aliphatic heterocycles. The molecule has 1 aliphatic rings. The van der Waals surface area contributed by atoms with Gasteiger partial charge in [0.15, 0.2) is 5.82 Å². The molecule has 9 aromatic rings. The fourth-order valence-corrected chi connectivity index (χ4v) is 8.43. The molecule has 0 atom stereocenters. The minimum absolute atomic E-state index is 0.121. The molecule has 0 spiro atoms. The highest BCUT2D eigenvalue weighted by molar-refractivity contribution is 6.06. The monoisotopic (exact) mass is 650 g/mol. The van der Waals surface area contributed by atoms with Crippen LogP contribution >= 0.6 is 0 Å². The fourth-order valence-electron chi connectivity index (χ4n) is 8.43. The van der Waals surface area contributed by atoms with Gasteiger partial charge in [0.25, 0.3) is 0 Å². The van der Waals surface area contributed by atoms with Gasteiger partial charge in [0.1, 0.15) is 0 Å². The van der Waals surface area contributed by atoms with Crippen molar-refractivity contribution in [3.05, 3.63) is 181 Å². The lowest BCUT2D eigenvalue weighted by molar-refractivity contribution is 0.666. The molecule has 0 N–H and O–H groups in total. The number of rotatable bonds is 4. The van der Waals surface area contributed by atoms with Gasteiger partial charge in [-0.2, -0.15) is 0 Å². The third kappa shape index (κ3) is 4.64. The number of hydrogen-bond acceptors (Lipinski definition) is 2. The van der Waals surface area contributed by atoms with Crippen molar-refractivity contribution in [2.45, 2.75) is 19.3 Å². The molecular weight excluding hydrogens is 617 g/mol. The normalized spacial score (nSPS) is 13.1. The molecule has 8 aromatic carbocycles. The molecule has 51 heavy (non-hydrogen) atoms. The average molecular weight is 651 g/mol. The molecule has 1 aliphatic carbocycles. The number of benzene rings is 8. The number of hydrogen-bond donors (Lipinski definition) is 0. The molecule has 2 nitrogen and oxygen atoms in total. The summed E-state index contributed by atoms with van der Waals surface area (Å²) in [4.78, 5) is 10.4. The summed E-state index contributed by atoms with van der Waals surface area (Å²) in [6, 6.07) is 61.2. The molecule has 0 saturated carbocycles. The maximum atomic E-state index is 5.23. The van der Waals surface area contributed by atoms with E-state index in [2.05, 4.69) is 166 Å². The number of fused-ring (bicyclic) bond motifs is 7. The zero-order valence-corrected chi connectivity index (χ0v) is 28.6. The van der Waals surface area contributed by atoms with E-state index in [1.165, 1.54) is 65.7 Å². The third-order valence-electron chi connectivity index (χ3n) is 10.9. The van der Waals surface area contributed by atoms with Gasteiger partial charge < -0.3 is 0 Å². The van der Waals surface area contributed by atoms with Gasteiger partial charge in [0, 0.05) is 22.1 Å². The highest BCUT2D eigenvalue weighted by Gasteiger charge is 2.37. The molecule has 0 saturated heterocycles. The van der Waals surface area contributed by atoms with Gasteiger partial charge >= 0.3 is 0 Å². The van der Waals surface area contributed by atoms with Crippen LogP contribution in [0.2, 0.25) is 0 Å². The summed E-state index contributed by atoms with van der Waals surface area (Å²) in [5, 5.41) is 7.39. The maximum absolute atomic E-state index is 5.23. The second-order valence-corrected chi connectivity index (χ2v) is 14.2. The molecule has 0 amide bonds. The van der Waals surface area contributed by atoms with Gasteiger partial charge in [-0.15, -0.1) is 0 Å². The Balaban J connectivity index is 1.15. The second kappa shape index (κ2) is 11.3. The molecule has 0 bridgehead atoms. The van der Waals surface area contributed by atoms with Crippen LogP contribution in [0, 0.1) is 0 Å². The zero-order chi connectivity index (χ0) is 34.1. The van der Waals surface area contributed by atoms with E-state index >= 15 is 0 Å². The molecule has 240 valence electrons. The number of nitrogens with zero attached hydrogens (tertiary/aromatic N) is 2. The van der Waals surface area contributed by atoms with Crippen LogP contribution in [-0.4, -0.2) is 9.97 Å². The Morgan fingerprint density at radius 3 is 1.69 bits per heavy atom. The van der Waals surface area contributed by atoms with Gasteiger partial charge in [-0.1, -0.05) is 172 Å². The van der Waals surface area contributed by atoms with Crippen LogP contribution in [0.5, 0.6) is 0 Å². The van der Waals surface area contributed by atoms with Crippen LogP contribution in [0.15, 0.2) is 170 Å². The Hall–Kier alpha value is -6.38. The first-order valence-electron chi connectivity index (χ1n) is 17.7. The van der Waals surface area contributed by atoms with Gasteiger partial charge in [0.2, 0.25) is 0 Å². The van der Waals surface area contributed by atoms with E-state index in [-0.39, 0.29) is 5.41 Å². The highest BCUT2D eigenvalue weighted by Crippen LogP contribution is 2.52. The largest absolute Gasteiger partial charge is 0.228 e. The predicted octanol–water partition coefficient (Wildman–Crippen LogP) is 12.9. The summed E-state index contributed by atoms with van der Waals surface area (Å²) in [5.41, 5.74) is 12.8. The van der Waals surface area contributed by atoms with Crippen molar-refractivity contribution in [2.24, 2.45) is 0 Å². The van der Waals surface area contributed by atoms with Crippen LogP contribution < -0.4 is 0 Å². The summed E-state index contributed by atoms with van der Waals surface area (Å²) < 4.78 is 0. The van der Waals surface area contributed by atoms with Crippen molar-refractivity contribution < 1.29 is 0 Å². The van der Waals surface area contributed by atoms with Crippen molar-refractivity contribution in [3.8, 4) is 56.2 Å². The first-order chi connectivity index (χ1) is 25.0. The van der Waals surface area contributed by atoms with E-state index in [0.29, 0.717) is 0 Å². The number of aromatic nitrogens is 2. The molecule has 0 fully saturated rings. The summed E-state index contributed by atoms with van der Waals surface area (Å²) >= 11 is 0. The lowest BCUT2D eigenvalue weighted by Gasteiger charge is -2.24. The predicted molar refractivity (Wildman–Crippen MR) is 214 cm³/mol. The lowest BCUT2D eigenvalue weighted by Crippen LogP contribution is -2.15. The minimum Gasteiger partial charge on any atom is -0.228 e. The lowest BCUT2D eigenvalue weighted by atomic mass is 9.79. The van der Waals surface area contributed by atoms with E-state index in [1.807, 2.05) is 18.2 Å². The first kappa shape index (κ1) is 29.5. The van der Waals surface area contributed by atoms with Crippen LogP contribution in [0.3, 0.4) is 0 Å². The van der Waals surface area contributed by atoms with Gasteiger partial charge in [0.05, 0.1) is 11.4 Å². The van der Waals surface area contributed by atoms with Crippen molar-refractivity contribution in [1.82, 2.24) is 9.97 Å². The topological polar surface area (TPSA) is 25.8 Å². The van der Waals surface area contributed by atoms with E-state index in [0.717, 1.165) is 33.9 Å². The smallest absolute Gasteiger partial charge is 0.160 e. The van der Waals surface area contributed by atoms with Gasteiger partial charge in [-0.05, 0) is 77.8 Å². The van der Waals surface area contributed by atoms with Crippen molar-refractivity contribution in [2.75, 3.05) is 0 Å². The zero-order valence-electron chi connectivity index (χ0n) is 28.6. The van der Waals surface area contributed by atoms with E-state index in [9.17, 15) is 0 Å². The summed E-state index contributed by atoms with van der Waals surface area (Å²) in [7, 11) is 0. The highest BCUT2D eigenvalue weighted by atomic mass is 14.9. The van der Waals surface area contributed by atoms with Gasteiger partial charge in [-0.25, -0.2) is 9.97 Å². The third-order valence-corrected chi connectivity index (χ3v) is 10.9. The van der Waals surface area contributed by atoms with Crippen LogP contribution in [0.1, 0.15) is 25.0 Å². The van der Waals surface area contributed by atoms with E-state index in [1.54, 1.807) is 0 Å². The fraction of sp³-hybridized carbons (Fsp3) is 0.0612. The van der Waals surface area contributed by atoms with Crippen molar-refractivity contribution >= 4 is 32.3 Å². The molecule has 10 rings (SSSR count). The standard InChI is InChI=1S/C49H34N2/c1-49(2)44-29-34(24-25-40(44)43-26-23-32-14-7-9-19-37(32)47(43)49)36-27-28-42(39-21-11-10-20-38(36)39)46-30-45(50-48(51-46)33-15-4-3-5-16-33)41-22-12-17-31-13-6-8-18-35(31)41/h3-30H,1-2H3. The molecule has 1 aromatic heterocycles. The van der Waals surface area contributed by atoms with E-state index in [4.69, 9.17) is 9.97 Å². The Morgan fingerprint density at radius 2 is 0.922 bits per heavy atom. The Bertz CT molecular complexity index is 2820. The van der Waals surface area contributed by atoms with Crippen LogP contribution in [0.25, 0.3) is 88.5 Å². The molecular formula is C49H34N2. The quantitative estimate of drug-likeness (QED) is 0.189. The minimum atomic E-state index is -0.121. The Morgan fingerprint density at radius 1 is 0.373 bits per heavy atom. The Kier molecular flexibility index (Phi) is 6.56. The molecule has 2 heteroatoms. The molecule has 0 unspecified atom stereocenters. The first-order valence-corrected chi connectivity index (χ1v) is 17.7. The van der Waals surface area contributed by atoms with Crippen molar-refractivity contribution in [3.63, 3.8) is 0 Å². The second-order valence-electron chi connectivity index (χ2n) is 14.2.